The Balaban J connectivity index is 2.55. The van der Waals surface area contributed by atoms with Gasteiger partial charge in [0.2, 0.25) is 10.0 Å². The van der Waals surface area contributed by atoms with E-state index in [1.165, 1.54) is 28.6 Å². The minimum atomic E-state index is -3.86. The maximum atomic E-state index is 12.8. The first kappa shape index (κ1) is 16.4. The van der Waals surface area contributed by atoms with Crippen molar-refractivity contribution in [3.05, 3.63) is 24.3 Å². The van der Waals surface area contributed by atoms with Crippen molar-refractivity contribution in [2.24, 2.45) is 5.73 Å². The molecule has 0 saturated carbocycles. The molecular weight excluding hydrogens is 312 g/mol. The number of hydrogen-bond acceptors (Lipinski definition) is 5. The minimum absolute atomic E-state index is 0.159. The first-order valence-corrected chi connectivity index (χ1v) is 10.1. The Labute approximate surface area is 125 Å². The molecule has 2 rings (SSSR count). The Morgan fingerprint density at radius 2 is 1.76 bits per heavy atom. The predicted octanol–water partition coefficient (Wildman–Crippen LogP) is 0.592. The molecule has 21 heavy (non-hydrogen) atoms. The van der Waals surface area contributed by atoms with E-state index in [0.29, 0.717) is 13.0 Å². The summed E-state index contributed by atoms with van der Waals surface area (Å²) in [5.41, 5.74) is 5.67. The normalized spacial score (nSPS) is 21.3. The highest BCUT2D eigenvalue weighted by Crippen LogP contribution is 2.28. The number of nitrogens with two attached hydrogens (primary N) is 1. The van der Waals surface area contributed by atoms with E-state index in [-0.39, 0.29) is 22.4 Å². The Hall–Kier alpha value is -0.960. The van der Waals surface area contributed by atoms with Crippen LogP contribution in [0.2, 0.25) is 0 Å². The molecular formula is C13H20N2O4S2. The van der Waals surface area contributed by atoms with Gasteiger partial charge in [-0.3, -0.25) is 0 Å². The van der Waals surface area contributed by atoms with Crippen LogP contribution in [0.1, 0.15) is 19.3 Å². The van der Waals surface area contributed by atoms with Crippen molar-refractivity contribution in [1.29, 1.82) is 0 Å². The number of piperidine rings is 1. The van der Waals surface area contributed by atoms with Crippen LogP contribution in [-0.4, -0.2) is 46.5 Å². The van der Waals surface area contributed by atoms with E-state index < -0.39 is 19.9 Å². The van der Waals surface area contributed by atoms with Gasteiger partial charge >= 0.3 is 0 Å². The fourth-order valence-corrected chi connectivity index (χ4v) is 5.93. The van der Waals surface area contributed by atoms with Gasteiger partial charge in [0.15, 0.2) is 9.84 Å². The summed E-state index contributed by atoms with van der Waals surface area (Å²) < 4.78 is 50.7. The molecule has 8 heteroatoms. The zero-order chi connectivity index (χ0) is 15.7. The highest BCUT2D eigenvalue weighted by atomic mass is 32.2. The predicted molar refractivity (Wildman–Crippen MR) is 80.1 cm³/mol. The molecule has 1 fully saturated rings. The highest BCUT2D eigenvalue weighted by Gasteiger charge is 2.35. The molecule has 0 unspecified atom stereocenters. The Morgan fingerprint density at radius 1 is 1.14 bits per heavy atom. The van der Waals surface area contributed by atoms with Gasteiger partial charge in [0.1, 0.15) is 4.90 Å². The fourth-order valence-electron chi connectivity index (χ4n) is 2.62. The summed E-state index contributed by atoms with van der Waals surface area (Å²) >= 11 is 0. The second-order valence-corrected chi connectivity index (χ2v) is 9.06. The van der Waals surface area contributed by atoms with Gasteiger partial charge in [-0.1, -0.05) is 18.6 Å². The molecule has 0 aliphatic carbocycles. The fraction of sp³-hybridized carbons (Fsp3) is 0.538. The van der Waals surface area contributed by atoms with Crippen LogP contribution < -0.4 is 5.73 Å². The molecule has 1 aromatic carbocycles. The van der Waals surface area contributed by atoms with Crippen molar-refractivity contribution in [3.8, 4) is 0 Å². The van der Waals surface area contributed by atoms with Gasteiger partial charge in [0.05, 0.1) is 4.90 Å². The van der Waals surface area contributed by atoms with Crippen LogP contribution in [0.25, 0.3) is 0 Å². The molecule has 0 radical (unpaired) electrons. The maximum Gasteiger partial charge on any atom is 0.244 e. The third-order valence-corrected chi connectivity index (χ3v) is 6.97. The van der Waals surface area contributed by atoms with Crippen molar-refractivity contribution < 1.29 is 16.8 Å². The third kappa shape index (κ3) is 3.28. The molecule has 1 saturated heterocycles. The lowest BCUT2D eigenvalue weighted by atomic mass is 10.1. The Morgan fingerprint density at radius 3 is 2.33 bits per heavy atom. The average Bonchev–Trinajstić information content (AvgIpc) is 2.46. The van der Waals surface area contributed by atoms with Gasteiger partial charge in [-0.25, -0.2) is 16.8 Å². The second kappa shape index (κ2) is 6.04. The van der Waals surface area contributed by atoms with Crippen LogP contribution >= 0.6 is 0 Å². The van der Waals surface area contributed by atoms with E-state index in [0.717, 1.165) is 19.1 Å². The number of sulfone groups is 1. The molecule has 1 heterocycles. The standard InChI is InChI=1S/C13H20N2O4S2/c1-20(16,17)12-7-2-3-8-13(12)21(18,19)15-9-5-4-6-11(15)10-14/h2-3,7-8,11H,4-6,9-10,14H2,1H3/t11-/m1/s1. The van der Waals surface area contributed by atoms with Crippen LogP contribution in [0, 0.1) is 0 Å². The molecule has 1 atom stereocenters. The lowest BCUT2D eigenvalue weighted by Gasteiger charge is -2.34. The lowest BCUT2D eigenvalue weighted by Crippen LogP contribution is -2.47. The smallest absolute Gasteiger partial charge is 0.244 e. The van der Waals surface area contributed by atoms with Crippen LogP contribution in [0.5, 0.6) is 0 Å². The van der Waals surface area contributed by atoms with E-state index in [2.05, 4.69) is 0 Å². The van der Waals surface area contributed by atoms with Gasteiger partial charge in [0, 0.05) is 25.4 Å². The topological polar surface area (TPSA) is 97.5 Å². The lowest BCUT2D eigenvalue weighted by molar-refractivity contribution is 0.257. The van der Waals surface area contributed by atoms with E-state index in [4.69, 9.17) is 5.73 Å². The van der Waals surface area contributed by atoms with Crippen LogP contribution in [0.4, 0.5) is 0 Å². The Bertz CT molecular complexity index is 713. The number of nitrogens with zero attached hydrogens (tertiary/aromatic N) is 1. The van der Waals surface area contributed by atoms with Crippen molar-refractivity contribution in [2.45, 2.75) is 35.1 Å². The molecule has 1 aliphatic heterocycles. The maximum absolute atomic E-state index is 12.8. The van der Waals surface area contributed by atoms with E-state index in [1.54, 1.807) is 0 Å². The molecule has 0 aromatic heterocycles. The number of sulfonamides is 1. The Kier molecular flexibility index (Phi) is 4.72. The molecule has 1 aromatic rings. The minimum Gasteiger partial charge on any atom is -0.329 e. The summed E-state index contributed by atoms with van der Waals surface area (Å²) in [6.45, 7) is 0.614. The number of hydrogen-bond donors (Lipinski definition) is 1. The number of benzene rings is 1. The van der Waals surface area contributed by atoms with E-state index in [1.807, 2.05) is 0 Å². The molecule has 0 spiro atoms. The molecule has 118 valence electrons. The first-order chi connectivity index (χ1) is 9.78. The van der Waals surface area contributed by atoms with Gasteiger partial charge in [-0.2, -0.15) is 4.31 Å². The third-order valence-electron chi connectivity index (χ3n) is 3.68. The van der Waals surface area contributed by atoms with Gasteiger partial charge in [0.25, 0.3) is 0 Å². The molecule has 6 nitrogen and oxygen atoms in total. The van der Waals surface area contributed by atoms with Gasteiger partial charge in [-0.15, -0.1) is 0 Å². The highest BCUT2D eigenvalue weighted by molar-refractivity contribution is 7.93. The molecule has 1 aliphatic rings. The monoisotopic (exact) mass is 332 g/mol. The van der Waals surface area contributed by atoms with Crippen LogP contribution in [0.3, 0.4) is 0 Å². The van der Waals surface area contributed by atoms with Crippen LogP contribution in [-0.2, 0) is 19.9 Å². The van der Waals surface area contributed by atoms with Gasteiger partial charge < -0.3 is 5.73 Å². The average molecular weight is 332 g/mol. The van der Waals surface area contributed by atoms with Crippen molar-refractivity contribution in [2.75, 3.05) is 19.3 Å². The zero-order valence-electron chi connectivity index (χ0n) is 11.9. The van der Waals surface area contributed by atoms with Gasteiger partial charge in [-0.05, 0) is 25.0 Å². The SMILES string of the molecule is CS(=O)(=O)c1ccccc1S(=O)(=O)N1CCCC[C@@H]1CN. The number of rotatable bonds is 4. The summed E-state index contributed by atoms with van der Waals surface area (Å²) in [6.07, 6.45) is 3.41. The molecule has 2 N–H and O–H groups in total. The van der Waals surface area contributed by atoms with Crippen molar-refractivity contribution in [3.63, 3.8) is 0 Å². The van der Waals surface area contributed by atoms with E-state index >= 15 is 0 Å². The summed E-state index contributed by atoms with van der Waals surface area (Å²) in [5.74, 6) is 0. The molecule has 0 bridgehead atoms. The zero-order valence-corrected chi connectivity index (χ0v) is 13.5. The second-order valence-electron chi connectivity index (χ2n) is 5.22. The molecule has 0 amide bonds. The quantitative estimate of drug-likeness (QED) is 0.870. The van der Waals surface area contributed by atoms with Crippen molar-refractivity contribution >= 4 is 19.9 Å². The largest absolute Gasteiger partial charge is 0.329 e. The summed E-state index contributed by atoms with van der Waals surface area (Å²) in [5, 5.41) is 0. The summed E-state index contributed by atoms with van der Waals surface area (Å²) in [4.78, 5) is -0.320. The van der Waals surface area contributed by atoms with Crippen molar-refractivity contribution in [1.82, 2.24) is 4.31 Å². The van der Waals surface area contributed by atoms with Crippen LogP contribution in [0.15, 0.2) is 34.1 Å². The van der Waals surface area contributed by atoms with E-state index in [9.17, 15) is 16.8 Å². The summed E-state index contributed by atoms with van der Waals surface area (Å²) in [6, 6.07) is 5.45. The summed E-state index contributed by atoms with van der Waals surface area (Å²) in [7, 11) is -7.48. The first-order valence-electron chi connectivity index (χ1n) is 6.79.